The van der Waals surface area contributed by atoms with Crippen LogP contribution in [0.4, 0.5) is 10.1 Å². The Bertz CT molecular complexity index is 505. The minimum absolute atomic E-state index is 0.221. The van der Waals surface area contributed by atoms with E-state index in [0.717, 1.165) is 17.9 Å². The second-order valence-electron chi connectivity index (χ2n) is 4.06. The lowest BCUT2D eigenvalue weighted by molar-refractivity contribution is 0.606. The summed E-state index contributed by atoms with van der Waals surface area (Å²) >= 11 is 0. The van der Waals surface area contributed by atoms with Gasteiger partial charge in [0, 0.05) is 12.2 Å². The molecule has 0 spiro atoms. The molecular weight excluding hydrogens is 217 g/mol. The molecule has 0 saturated carbocycles. The van der Waals surface area contributed by atoms with Gasteiger partial charge in [-0.3, -0.25) is 4.68 Å². The van der Waals surface area contributed by atoms with Crippen LogP contribution in [0.3, 0.4) is 0 Å². The molecule has 90 valence electrons. The standard InChI is InChI=1S/C13H16FN3/c1-10-9-11(2)17(16-10)8-7-15-13-6-4-3-5-12(13)14/h3-6,9,15H,7-8H2,1-2H3. The van der Waals surface area contributed by atoms with E-state index in [0.29, 0.717) is 12.2 Å². The van der Waals surface area contributed by atoms with Crippen LogP contribution >= 0.6 is 0 Å². The van der Waals surface area contributed by atoms with E-state index in [1.165, 1.54) is 6.07 Å². The minimum atomic E-state index is -0.221. The van der Waals surface area contributed by atoms with Crippen molar-refractivity contribution in [1.82, 2.24) is 9.78 Å². The van der Waals surface area contributed by atoms with E-state index in [1.54, 1.807) is 12.1 Å². The number of rotatable bonds is 4. The topological polar surface area (TPSA) is 29.9 Å². The average Bonchev–Trinajstić information content (AvgIpc) is 2.60. The van der Waals surface area contributed by atoms with Crippen LogP contribution in [0.25, 0.3) is 0 Å². The molecule has 1 heterocycles. The van der Waals surface area contributed by atoms with Gasteiger partial charge in [0.05, 0.1) is 17.9 Å². The third-order valence-corrected chi connectivity index (χ3v) is 2.62. The van der Waals surface area contributed by atoms with Gasteiger partial charge in [0.25, 0.3) is 0 Å². The summed E-state index contributed by atoms with van der Waals surface area (Å²) in [7, 11) is 0. The Morgan fingerprint density at radius 1 is 1.29 bits per heavy atom. The van der Waals surface area contributed by atoms with Crippen LogP contribution in [0.15, 0.2) is 30.3 Å². The number of hydrogen-bond acceptors (Lipinski definition) is 2. The third kappa shape index (κ3) is 2.84. The van der Waals surface area contributed by atoms with Gasteiger partial charge in [-0.25, -0.2) is 4.39 Å². The average molecular weight is 233 g/mol. The van der Waals surface area contributed by atoms with E-state index < -0.39 is 0 Å². The minimum Gasteiger partial charge on any atom is -0.381 e. The molecule has 4 heteroatoms. The second kappa shape index (κ2) is 4.99. The number of nitrogens with zero attached hydrogens (tertiary/aromatic N) is 2. The fraction of sp³-hybridized carbons (Fsp3) is 0.308. The number of nitrogens with one attached hydrogen (secondary N) is 1. The van der Waals surface area contributed by atoms with Gasteiger partial charge in [-0.1, -0.05) is 12.1 Å². The first kappa shape index (κ1) is 11.6. The molecule has 0 aliphatic heterocycles. The van der Waals surface area contributed by atoms with Gasteiger partial charge >= 0.3 is 0 Å². The molecule has 0 aliphatic carbocycles. The molecule has 0 radical (unpaired) electrons. The second-order valence-corrected chi connectivity index (χ2v) is 4.06. The number of benzene rings is 1. The maximum atomic E-state index is 13.3. The molecule has 0 fully saturated rings. The first-order valence-corrected chi connectivity index (χ1v) is 5.66. The molecule has 1 aromatic heterocycles. The normalized spacial score (nSPS) is 10.5. The number of aryl methyl sites for hydroxylation is 2. The largest absolute Gasteiger partial charge is 0.381 e. The van der Waals surface area contributed by atoms with Crippen LogP contribution in [0.5, 0.6) is 0 Å². The van der Waals surface area contributed by atoms with Crippen LogP contribution in [0, 0.1) is 19.7 Å². The summed E-state index contributed by atoms with van der Waals surface area (Å²) in [6, 6.07) is 8.71. The van der Waals surface area contributed by atoms with Gasteiger partial charge in [-0.2, -0.15) is 5.10 Å². The van der Waals surface area contributed by atoms with Gasteiger partial charge in [-0.05, 0) is 32.0 Å². The van der Waals surface area contributed by atoms with Gasteiger partial charge in [0.2, 0.25) is 0 Å². The highest BCUT2D eigenvalue weighted by Crippen LogP contribution is 2.11. The van der Waals surface area contributed by atoms with E-state index in [4.69, 9.17) is 0 Å². The lowest BCUT2D eigenvalue weighted by Gasteiger charge is -2.08. The predicted molar refractivity (Wildman–Crippen MR) is 66.6 cm³/mol. The Balaban J connectivity index is 1.92. The fourth-order valence-corrected chi connectivity index (χ4v) is 1.80. The van der Waals surface area contributed by atoms with E-state index in [-0.39, 0.29) is 5.82 Å². The van der Waals surface area contributed by atoms with Crippen molar-refractivity contribution in [2.24, 2.45) is 0 Å². The molecule has 1 N–H and O–H groups in total. The first-order chi connectivity index (χ1) is 8.16. The third-order valence-electron chi connectivity index (χ3n) is 2.62. The van der Waals surface area contributed by atoms with Crippen molar-refractivity contribution in [3.63, 3.8) is 0 Å². The summed E-state index contributed by atoms with van der Waals surface area (Å²) in [6.07, 6.45) is 0. The van der Waals surface area contributed by atoms with Crippen molar-refractivity contribution in [1.29, 1.82) is 0 Å². The van der Waals surface area contributed by atoms with Gasteiger partial charge in [0.15, 0.2) is 0 Å². The molecule has 0 bridgehead atoms. The maximum absolute atomic E-state index is 13.3. The zero-order valence-electron chi connectivity index (χ0n) is 10.1. The number of aromatic nitrogens is 2. The highest BCUT2D eigenvalue weighted by atomic mass is 19.1. The van der Waals surface area contributed by atoms with Crippen LogP contribution in [0.2, 0.25) is 0 Å². The molecule has 2 aromatic rings. The molecule has 1 aromatic carbocycles. The van der Waals surface area contributed by atoms with E-state index in [1.807, 2.05) is 30.7 Å². The summed E-state index contributed by atoms with van der Waals surface area (Å²) in [5.41, 5.74) is 2.67. The van der Waals surface area contributed by atoms with Gasteiger partial charge in [-0.15, -0.1) is 0 Å². The monoisotopic (exact) mass is 233 g/mol. The number of halogens is 1. The predicted octanol–water partition coefficient (Wildman–Crippen LogP) is 2.75. The molecule has 2 rings (SSSR count). The van der Waals surface area contributed by atoms with Gasteiger partial charge in [0.1, 0.15) is 5.82 Å². The smallest absolute Gasteiger partial charge is 0.146 e. The molecule has 0 saturated heterocycles. The SMILES string of the molecule is Cc1cc(C)n(CCNc2ccccc2F)n1. The molecule has 0 aliphatic rings. The van der Waals surface area contributed by atoms with Crippen LogP contribution in [-0.2, 0) is 6.54 Å². The summed E-state index contributed by atoms with van der Waals surface area (Å²) < 4.78 is 15.2. The first-order valence-electron chi connectivity index (χ1n) is 5.66. The van der Waals surface area contributed by atoms with Crippen molar-refractivity contribution < 1.29 is 4.39 Å². The van der Waals surface area contributed by atoms with E-state index in [2.05, 4.69) is 10.4 Å². The summed E-state index contributed by atoms with van der Waals surface area (Å²) in [5.74, 6) is -0.221. The van der Waals surface area contributed by atoms with Crippen molar-refractivity contribution >= 4 is 5.69 Å². The number of para-hydroxylation sites is 1. The Morgan fingerprint density at radius 3 is 2.71 bits per heavy atom. The highest BCUT2D eigenvalue weighted by Gasteiger charge is 2.02. The lowest BCUT2D eigenvalue weighted by atomic mass is 10.3. The maximum Gasteiger partial charge on any atom is 0.146 e. The van der Waals surface area contributed by atoms with E-state index >= 15 is 0 Å². The van der Waals surface area contributed by atoms with Crippen molar-refractivity contribution in [3.8, 4) is 0 Å². The molecular formula is C13H16FN3. The molecule has 17 heavy (non-hydrogen) atoms. The number of anilines is 1. The van der Waals surface area contributed by atoms with Crippen molar-refractivity contribution in [2.75, 3.05) is 11.9 Å². The molecule has 0 unspecified atom stereocenters. The summed E-state index contributed by atoms with van der Waals surface area (Å²) in [5, 5.41) is 7.41. The lowest BCUT2D eigenvalue weighted by Crippen LogP contribution is -2.13. The van der Waals surface area contributed by atoms with Gasteiger partial charge < -0.3 is 5.32 Å². The Kier molecular flexibility index (Phi) is 3.42. The van der Waals surface area contributed by atoms with Crippen LogP contribution in [0.1, 0.15) is 11.4 Å². The van der Waals surface area contributed by atoms with E-state index in [9.17, 15) is 4.39 Å². The fourth-order valence-electron chi connectivity index (χ4n) is 1.80. The quantitative estimate of drug-likeness (QED) is 0.880. The Morgan fingerprint density at radius 2 is 2.06 bits per heavy atom. The van der Waals surface area contributed by atoms with Crippen molar-refractivity contribution in [2.45, 2.75) is 20.4 Å². The molecule has 0 atom stereocenters. The zero-order chi connectivity index (χ0) is 12.3. The Labute approximate surface area is 100 Å². The van der Waals surface area contributed by atoms with Crippen LogP contribution in [-0.4, -0.2) is 16.3 Å². The van der Waals surface area contributed by atoms with Crippen LogP contribution < -0.4 is 5.32 Å². The Hall–Kier alpha value is -1.84. The number of hydrogen-bond donors (Lipinski definition) is 1. The molecule has 3 nitrogen and oxygen atoms in total. The highest BCUT2D eigenvalue weighted by molar-refractivity contribution is 5.44. The van der Waals surface area contributed by atoms with Crippen molar-refractivity contribution in [3.05, 3.63) is 47.5 Å². The summed E-state index contributed by atoms with van der Waals surface area (Å²) in [4.78, 5) is 0. The zero-order valence-corrected chi connectivity index (χ0v) is 10.1. The molecule has 0 amide bonds. The summed E-state index contributed by atoms with van der Waals surface area (Å²) in [6.45, 7) is 5.37.